The van der Waals surface area contributed by atoms with Gasteiger partial charge in [0.2, 0.25) is 0 Å². The van der Waals surface area contributed by atoms with Crippen molar-refractivity contribution in [2.45, 2.75) is 52.1 Å². The monoisotopic (exact) mass is 198 g/mol. The Bertz CT molecular complexity index is 264. The average Bonchev–Trinajstić information content (AvgIpc) is 2.14. The van der Waals surface area contributed by atoms with Crippen LogP contribution in [0, 0.1) is 0 Å². The van der Waals surface area contributed by atoms with E-state index in [0.717, 1.165) is 0 Å². The molecule has 0 radical (unpaired) electrons. The largest absolute Gasteiger partial charge is 0.342 e. The van der Waals surface area contributed by atoms with E-state index in [0.29, 0.717) is 0 Å². The molecule has 1 atom stereocenters. The van der Waals surface area contributed by atoms with Gasteiger partial charge in [0.15, 0.2) is 11.6 Å². The Kier molecular flexibility index (Phi) is 2.83. The fourth-order valence-corrected chi connectivity index (χ4v) is 1.66. The molecule has 0 aromatic carbocycles. The van der Waals surface area contributed by atoms with Crippen LogP contribution in [-0.2, 0) is 14.3 Å². The second kappa shape index (κ2) is 3.48. The van der Waals surface area contributed by atoms with E-state index in [-0.39, 0.29) is 17.5 Å². The Morgan fingerprint density at radius 1 is 1.29 bits per heavy atom. The number of ether oxygens (including phenoxy) is 2. The molecule has 1 fully saturated rings. The second-order valence-corrected chi connectivity index (χ2v) is 4.61. The molecule has 0 unspecified atom stereocenters. The van der Waals surface area contributed by atoms with Crippen LogP contribution in [0.4, 0.5) is 0 Å². The zero-order valence-corrected chi connectivity index (χ0v) is 9.46. The molecule has 0 aliphatic carbocycles. The maximum atomic E-state index is 10.8. The molecule has 0 aromatic heterocycles. The molecule has 0 bridgehead atoms. The molecule has 1 aliphatic rings. The van der Waals surface area contributed by atoms with Crippen LogP contribution in [0.15, 0.2) is 12.2 Å². The fourth-order valence-electron chi connectivity index (χ4n) is 1.66. The summed E-state index contributed by atoms with van der Waals surface area (Å²) in [6, 6.07) is 0. The molecule has 0 N–H and O–H groups in total. The molecule has 80 valence electrons. The van der Waals surface area contributed by atoms with E-state index in [4.69, 9.17) is 9.47 Å². The predicted octanol–water partition coefficient (Wildman–Crippen LogP) is 2.06. The van der Waals surface area contributed by atoms with Gasteiger partial charge in [-0.15, -0.1) is 0 Å². The third-order valence-corrected chi connectivity index (χ3v) is 2.11. The van der Waals surface area contributed by atoms with Crippen LogP contribution in [0.3, 0.4) is 0 Å². The van der Waals surface area contributed by atoms with E-state index in [9.17, 15) is 4.79 Å². The third-order valence-electron chi connectivity index (χ3n) is 2.11. The lowest BCUT2D eigenvalue weighted by molar-refractivity contribution is -0.155. The zero-order chi connectivity index (χ0) is 11.0. The van der Waals surface area contributed by atoms with E-state index in [2.05, 4.69) is 0 Å². The van der Waals surface area contributed by atoms with E-state index in [1.54, 1.807) is 6.08 Å². The summed E-state index contributed by atoms with van der Waals surface area (Å²) >= 11 is 0. The molecule has 3 heteroatoms. The SMILES string of the molecule is CC(=O)/C=C/[C@H]1OC(C)(C)OC1(C)C. The van der Waals surface area contributed by atoms with Crippen molar-refractivity contribution in [3.8, 4) is 0 Å². The van der Waals surface area contributed by atoms with Gasteiger partial charge in [0.25, 0.3) is 0 Å². The summed E-state index contributed by atoms with van der Waals surface area (Å²) in [5.74, 6) is -0.552. The van der Waals surface area contributed by atoms with Crippen molar-refractivity contribution >= 4 is 5.78 Å². The maximum absolute atomic E-state index is 10.8. The molecular formula is C11H18O3. The van der Waals surface area contributed by atoms with Crippen molar-refractivity contribution in [1.82, 2.24) is 0 Å². The van der Waals surface area contributed by atoms with Gasteiger partial charge in [-0.1, -0.05) is 0 Å². The highest BCUT2D eigenvalue weighted by atomic mass is 16.8. The van der Waals surface area contributed by atoms with Gasteiger partial charge in [-0.2, -0.15) is 0 Å². The molecular weight excluding hydrogens is 180 g/mol. The summed E-state index contributed by atoms with van der Waals surface area (Å²) in [5, 5.41) is 0. The summed E-state index contributed by atoms with van der Waals surface area (Å²) in [4.78, 5) is 10.8. The molecule has 1 saturated heterocycles. The first-order valence-electron chi connectivity index (χ1n) is 4.80. The standard InChI is InChI=1S/C11H18O3/c1-8(12)6-7-9-10(2,3)14-11(4,5)13-9/h6-7,9H,1-5H3/b7-6+/t9-/m1/s1. The number of hydrogen-bond donors (Lipinski definition) is 0. The first-order valence-corrected chi connectivity index (χ1v) is 4.80. The van der Waals surface area contributed by atoms with Gasteiger partial charge >= 0.3 is 0 Å². The van der Waals surface area contributed by atoms with E-state index < -0.39 is 5.79 Å². The smallest absolute Gasteiger partial charge is 0.164 e. The molecule has 1 rings (SSSR count). The van der Waals surface area contributed by atoms with E-state index in [1.807, 2.05) is 27.7 Å². The third kappa shape index (κ3) is 2.66. The Morgan fingerprint density at radius 2 is 1.86 bits per heavy atom. The van der Waals surface area contributed by atoms with Gasteiger partial charge in [-0.05, 0) is 46.8 Å². The van der Waals surface area contributed by atoms with Gasteiger partial charge in [-0.25, -0.2) is 0 Å². The summed E-state index contributed by atoms with van der Waals surface area (Å²) in [7, 11) is 0. The van der Waals surface area contributed by atoms with Gasteiger partial charge in [0, 0.05) is 0 Å². The van der Waals surface area contributed by atoms with Crippen LogP contribution in [0.1, 0.15) is 34.6 Å². The molecule has 0 aromatic rings. The summed E-state index contributed by atoms with van der Waals surface area (Å²) < 4.78 is 11.3. The van der Waals surface area contributed by atoms with Crippen LogP contribution < -0.4 is 0 Å². The van der Waals surface area contributed by atoms with Gasteiger partial charge in [-0.3, -0.25) is 4.79 Å². The zero-order valence-electron chi connectivity index (χ0n) is 9.46. The highest BCUT2D eigenvalue weighted by Crippen LogP contribution is 2.36. The molecule has 0 spiro atoms. The van der Waals surface area contributed by atoms with Crippen molar-refractivity contribution in [3.63, 3.8) is 0 Å². The van der Waals surface area contributed by atoms with Crippen molar-refractivity contribution < 1.29 is 14.3 Å². The highest BCUT2D eigenvalue weighted by Gasteiger charge is 2.45. The van der Waals surface area contributed by atoms with E-state index in [1.165, 1.54) is 13.0 Å². The lowest BCUT2D eigenvalue weighted by Crippen LogP contribution is -2.31. The molecule has 14 heavy (non-hydrogen) atoms. The predicted molar refractivity (Wildman–Crippen MR) is 53.9 cm³/mol. The molecule has 1 aliphatic heterocycles. The summed E-state index contributed by atoms with van der Waals surface area (Å²) in [6.07, 6.45) is 3.12. The first-order chi connectivity index (χ1) is 6.23. The number of carbonyl (C=O) groups is 1. The van der Waals surface area contributed by atoms with Crippen LogP contribution in [0.5, 0.6) is 0 Å². The molecule has 3 nitrogen and oxygen atoms in total. The number of ketones is 1. The van der Waals surface area contributed by atoms with E-state index >= 15 is 0 Å². The van der Waals surface area contributed by atoms with Crippen molar-refractivity contribution in [2.75, 3.05) is 0 Å². The number of carbonyl (C=O) groups excluding carboxylic acids is 1. The fraction of sp³-hybridized carbons (Fsp3) is 0.727. The minimum atomic E-state index is -0.574. The maximum Gasteiger partial charge on any atom is 0.164 e. The van der Waals surface area contributed by atoms with Gasteiger partial charge in [0.05, 0.1) is 5.60 Å². The van der Waals surface area contributed by atoms with Crippen LogP contribution >= 0.6 is 0 Å². The first kappa shape index (κ1) is 11.4. The Labute approximate surface area is 85.1 Å². The Morgan fingerprint density at radius 3 is 2.21 bits per heavy atom. The van der Waals surface area contributed by atoms with Crippen LogP contribution in [0.25, 0.3) is 0 Å². The number of rotatable bonds is 2. The Hall–Kier alpha value is -0.670. The molecule has 0 saturated carbocycles. The van der Waals surface area contributed by atoms with Crippen molar-refractivity contribution in [2.24, 2.45) is 0 Å². The summed E-state index contributed by atoms with van der Waals surface area (Å²) in [6.45, 7) is 9.17. The lowest BCUT2D eigenvalue weighted by atomic mass is 10.0. The number of allylic oxidation sites excluding steroid dienone is 1. The minimum Gasteiger partial charge on any atom is -0.342 e. The van der Waals surface area contributed by atoms with Crippen molar-refractivity contribution in [1.29, 1.82) is 0 Å². The minimum absolute atomic E-state index is 0.0223. The Balaban J connectivity index is 2.75. The van der Waals surface area contributed by atoms with Crippen LogP contribution in [0.2, 0.25) is 0 Å². The average molecular weight is 198 g/mol. The van der Waals surface area contributed by atoms with Crippen molar-refractivity contribution in [3.05, 3.63) is 12.2 Å². The lowest BCUT2D eigenvalue weighted by Gasteiger charge is -2.21. The van der Waals surface area contributed by atoms with Gasteiger partial charge < -0.3 is 9.47 Å². The topological polar surface area (TPSA) is 35.5 Å². The molecule has 1 heterocycles. The quantitative estimate of drug-likeness (QED) is 0.637. The highest BCUT2D eigenvalue weighted by molar-refractivity contribution is 5.87. The normalized spacial score (nSPS) is 29.6. The molecule has 0 amide bonds. The van der Waals surface area contributed by atoms with Crippen LogP contribution in [-0.4, -0.2) is 23.3 Å². The number of hydrogen-bond acceptors (Lipinski definition) is 3. The second-order valence-electron chi connectivity index (χ2n) is 4.61. The summed E-state index contributed by atoms with van der Waals surface area (Å²) in [5.41, 5.74) is -0.380. The van der Waals surface area contributed by atoms with Gasteiger partial charge in [0.1, 0.15) is 6.10 Å².